The van der Waals surface area contributed by atoms with E-state index in [0.29, 0.717) is 33.6 Å². The van der Waals surface area contributed by atoms with Gasteiger partial charge in [0, 0.05) is 23.2 Å². The number of benzene rings is 2. The van der Waals surface area contributed by atoms with Crippen molar-refractivity contribution in [2.45, 2.75) is 6.54 Å². The minimum Gasteiger partial charge on any atom is -0.506 e. The molecule has 3 nitrogen and oxygen atoms in total. The molecule has 2 rings (SSSR count). The summed E-state index contributed by atoms with van der Waals surface area (Å²) >= 11 is 17.9. The van der Waals surface area contributed by atoms with Gasteiger partial charge in [0.05, 0.1) is 22.8 Å². The Bertz CT molecular complexity index is 632. The number of phenols is 1. The number of rotatable bonds is 4. The molecule has 0 spiro atoms. The van der Waals surface area contributed by atoms with E-state index < -0.39 is 0 Å². The van der Waals surface area contributed by atoms with Crippen LogP contribution in [0.15, 0.2) is 30.3 Å². The number of halogens is 3. The summed E-state index contributed by atoms with van der Waals surface area (Å²) in [5.41, 5.74) is 1.28. The zero-order valence-corrected chi connectivity index (χ0v) is 12.9. The van der Waals surface area contributed by atoms with E-state index in [1.165, 1.54) is 6.07 Å². The second-order valence-corrected chi connectivity index (χ2v) is 5.35. The molecule has 6 heteroatoms. The number of hydrogen-bond donors (Lipinski definition) is 2. The fourth-order valence-corrected chi connectivity index (χ4v) is 2.43. The SMILES string of the molecule is COc1ccc(Cl)c(NCc2cc(Cl)cc(Cl)c2O)c1. The minimum absolute atomic E-state index is 0.00239. The first-order chi connectivity index (χ1) is 9.51. The molecule has 0 radical (unpaired) electrons. The largest absolute Gasteiger partial charge is 0.506 e. The Hall–Kier alpha value is -1.29. The standard InChI is InChI=1S/C14H12Cl3NO2/c1-20-10-2-3-11(16)13(6-10)18-7-8-4-9(15)5-12(17)14(8)19/h2-6,18-19H,7H2,1H3. The highest BCUT2D eigenvalue weighted by Crippen LogP contribution is 2.33. The Labute approximate surface area is 132 Å². The number of hydrogen-bond acceptors (Lipinski definition) is 3. The van der Waals surface area contributed by atoms with Gasteiger partial charge >= 0.3 is 0 Å². The zero-order chi connectivity index (χ0) is 14.7. The summed E-state index contributed by atoms with van der Waals surface area (Å²) in [6.45, 7) is 0.332. The predicted molar refractivity (Wildman–Crippen MR) is 83.5 cm³/mol. The van der Waals surface area contributed by atoms with Gasteiger partial charge in [-0.3, -0.25) is 0 Å². The molecule has 0 atom stereocenters. The van der Waals surface area contributed by atoms with Gasteiger partial charge in [0.15, 0.2) is 0 Å². The van der Waals surface area contributed by atoms with Crippen molar-refractivity contribution in [3.8, 4) is 11.5 Å². The molecule has 0 unspecified atom stereocenters. The Kier molecular flexibility index (Phi) is 4.86. The lowest BCUT2D eigenvalue weighted by molar-refractivity contribution is 0.415. The van der Waals surface area contributed by atoms with Crippen molar-refractivity contribution in [1.82, 2.24) is 0 Å². The molecule has 0 heterocycles. The van der Waals surface area contributed by atoms with E-state index in [1.807, 2.05) is 0 Å². The van der Waals surface area contributed by atoms with Crippen molar-refractivity contribution in [2.75, 3.05) is 12.4 Å². The van der Waals surface area contributed by atoms with Crippen molar-refractivity contribution in [1.29, 1.82) is 0 Å². The van der Waals surface area contributed by atoms with Gasteiger partial charge in [-0.15, -0.1) is 0 Å². The number of anilines is 1. The third-order valence-electron chi connectivity index (χ3n) is 2.75. The molecule has 0 fully saturated rings. The lowest BCUT2D eigenvalue weighted by atomic mass is 10.2. The maximum absolute atomic E-state index is 9.88. The van der Waals surface area contributed by atoms with Crippen LogP contribution in [0.25, 0.3) is 0 Å². The Morgan fingerprint density at radius 3 is 2.55 bits per heavy atom. The average molecular weight is 333 g/mol. The lowest BCUT2D eigenvalue weighted by Gasteiger charge is -2.12. The molecule has 0 saturated heterocycles. The molecule has 2 N–H and O–H groups in total. The first kappa shape index (κ1) is 15.1. The van der Waals surface area contributed by atoms with Gasteiger partial charge in [0.2, 0.25) is 0 Å². The van der Waals surface area contributed by atoms with Crippen LogP contribution in [0.5, 0.6) is 11.5 Å². The van der Waals surface area contributed by atoms with Crippen LogP contribution in [0.4, 0.5) is 5.69 Å². The molecule has 2 aromatic rings. The van der Waals surface area contributed by atoms with Crippen molar-refractivity contribution < 1.29 is 9.84 Å². The second kappa shape index (κ2) is 6.44. The zero-order valence-electron chi connectivity index (χ0n) is 10.6. The van der Waals surface area contributed by atoms with Crippen LogP contribution >= 0.6 is 34.8 Å². The van der Waals surface area contributed by atoms with E-state index in [4.69, 9.17) is 39.5 Å². The van der Waals surface area contributed by atoms with Crippen LogP contribution in [-0.4, -0.2) is 12.2 Å². The van der Waals surface area contributed by atoms with Gasteiger partial charge in [-0.05, 0) is 24.3 Å². The molecule has 0 amide bonds. The molecule has 20 heavy (non-hydrogen) atoms. The topological polar surface area (TPSA) is 41.5 Å². The number of ether oxygens (including phenoxy) is 1. The summed E-state index contributed by atoms with van der Waals surface area (Å²) < 4.78 is 5.13. The van der Waals surface area contributed by atoms with E-state index in [9.17, 15) is 5.11 Å². The van der Waals surface area contributed by atoms with Gasteiger partial charge in [0.25, 0.3) is 0 Å². The smallest absolute Gasteiger partial charge is 0.139 e. The highest BCUT2D eigenvalue weighted by atomic mass is 35.5. The van der Waals surface area contributed by atoms with Gasteiger partial charge in [0.1, 0.15) is 11.5 Å². The molecule has 0 aliphatic carbocycles. The summed E-state index contributed by atoms with van der Waals surface area (Å²) in [6, 6.07) is 8.39. The second-order valence-electron chi connectivity index (χ2n) is 4.09. The summed E-state index contributed by atoms with van der Waals surface area (Å²) in [5.74, 6) is 0.688. The number of phenolic OH excluding ortho intramolecular Hbond substituents is 1. The van der Waals surface area contributed by atoms with Crippen molar-refractivity contribution in [3.05, 3.63) is 51.0 Å². The fraction of sp³-hybridized carbons (Fsp3) is 0.143. The maximum Gasteiger partial charge on any atom is 0.139 e. The number of nitrogens with one attached hydrogen (secondary N) is 1. The molecule has 0 bridgehead atoms. The quantitative estimate of drug-likeness (QED) is 0.830. The Balaban J connectivity index is 2.21. The Morgan fingerprint density at radius 2 is 1.85 bits per heavy atom. The van der Waals surface area contributed by atoms with Gasteiger partial charge in [-0.25, -0.2) is 0 Å². The monoisotopic (exact) mass is 331 g/mol. The summed E-state index contributed by atoms with van der Waals surface area (Å²) in [5, 5.41) is 14.2. The molecule has 0 saturated carbocycles. The van der Waals surface area contributed by atoms with Crippen LogP contribution in [0.3, 0.4) is 0 Å². The third kappa shape index (κ3) is 3.42. The van der Waals surface area contributed by atoms with E-state index in [0.717, 1.165) is 0 Å². The van der Waals surface area contributed by atoms with E-state index in [2.05, 4.69) is 5.32 Å². The highest BCUT2D eigenvalue weighted by molar-refractivity contribution is 6.35. The van der Waals surface area contributed by atoms with Crippen molar-refractivity contribution >= 4 is 40.5 Å². The van der Waals surface area contributed by atoms with Crippen LogP contribution in [0.1, 0.15) is 5.56 Å². The number of aromatic hydroxyl groups is 1. The van der Waals surface area contributed by atoms with Gasteiger partial charge in [-0.1, -0.05) is 34.8 Å². The molecule has 106 valence electrons. The Morgan fingerprint density at radius 1 is 1.10 bits per heavy atom. The summed E-state index contributed by atoms with van der Waals surface area (Å²) in [7, 11) is 1.58. The van der Waals surface area contributed by atoms with E-state index in [1.54, 1.807) is 31.4 Å². The summed E-state index contributed by atoms with van der Waals surface area (Å²) in [6.07, 6.45) is 0. The minimum atomic E-state index is 0.00239. The first-order valence-corrected chi connectivity index (χ1v) is 6.89. The van der Waals surface area contributed by atoms with Gasteiger partial charge < -0.3 is 15.2 Å². The van der Waals surface area contributed by atoms with Crippen LogP contribution in [-0.2, 0) is 6.54 Å². The average Bonchev–Trinajstić information content (AvgIpc) is 2.42. The van der Waals surface area contributed by atoms with E-state index in [-0.39, 0.29) is 10.8 Å². The molecular weight excluding hydrogens is 321 g/mol. The predicted octanol–water partition coefficient (Wildman–Crippen LogP) is 4.97. The molecule has 0 aromatic heterocycles. The normalized spacial score (nSPS) is 10.4. The molecule has 0 aliphatic heterocycles. The molecule has 0 aliphatic rings. The van der Waals surface area contributed by atoms with E-state index >= 15 is 0 Å². The van der Waals surface area contributed by atoms with Crippen LogP contribution < -0.4 is 10.1 Å². The third-order valence-corrected chi connectivity index (χ3v) is 3.59. The van der Waals surface area contributed by atoms with Crippen LogP contribution in [0, 0.1) is 0 Å². The maximum atomic E-state index is 9.88. The molecule has 2 aromatic carbocycles. The van der Waals surface area contributed by atoms with Crippen molar-refractivity contribution in [2.24, 2.45) is 0 Å². The molecular formula is C14H12Cl3NO2. The summed E-state index contributed by atoms with van der Waals surface area (Å²) in [4.78, 5) is 0. The number of methoxy groups -OCH3 is 1. The van der Waals surface area contributed by atoms with Crippen LogP contribution in [0.2, 0.25) is 15.1 Å². The van der Waals surface area contributed by atoms with Crippen molar-refractivity contribution in [3.63, 3.8) is 0 Å². The lowest BCUT2D eigenvalue weighted by Crippen LogP contribution is -2.01. The first-order valence-electron chi connectivity index (χ1n) is 5.75. The highest BCUT2D eigenvalue weighted by Gasteiger charge is 2.09. The van der Waals surface area contributed by atoms with Gasteiger partial charge in [-0.2, -0.15) is 0 Å². The fourth-order valence-electron chi connectivity index (χ4n) is 1.71.